The summed E-state index contributed by atoms with van der Waals surface area (Å²) in [5, 5.41) is 0. The van der Waals surface area contributed by atoms with E-state index in [-0.39, 0.29) is 0 Å². The molecule has 0 radical (unpaired) electrons. The second kappa shape index (κ2) is 8.22. The van der Waals surface area contributed by atoms with Crippen molar-refractivity contribution in [2.45, 2.75) is 45.7 Å². The van der Waals surface area contributed by atoms with Crippen LogP contribution in [0.1, 0.15) is 36.3 Å². The number of hydrogen-bond donors (Lipinski definition) is 0. The Bertz CT molecular complexity index is 822. The van der Waals surface area contributed by atoms with E-state index in [0.717, 1.165) is 48.6 Å². The topological polar surface area (TPSA) is 64.4 Å². The summed E-state index contributed by atoms with van der Waals surface area (Å²) in [6.07, 6.45) is 7.18. The molecule has 0 aliphatic carbocycles. The van der Waals surface area contributed by atoms with Crippen molar-refractivity contribution >= 4 is 10.0 Å². The summed E-state index contributed by atoms with van der Waals surface area (Å²) in [5.41, 5.74) is 1.91. The fourth-order valence-electron chi connectivity index (χ4n) is 3.23. The molecule has 0 bridgehead atoms. The van der Waals surface area contributed by atoms with Gasteiger partial charge in [-0.25, -0.2) is 13.4 Å². The van der Waals surface area contributed by atoms with Crippen LogP contribution in [0.4, 0.5) is 0 Å². The van der Waals surface area contributed by atoms with Gasteiger partial charge in [0.15, 0.2) is 0 Å². The van der Waals surface area contributed by atoms with Gasteiger partial charge in [0.25, 0.3) is 0 Å². The number of sulfonamides is 1. The lowest BCUT2D eigenvalue weighted by atomic mass is 10.2. The summed E-state index contributed by atoms with van der Waals surface area (Å²) in [7, 11) is -3.29. The minimum atomic E-state index is -3.29. The maximum absolute atomic E-state index is 12.1. The van der Waals surface area contributed by atoms with Gasteiger partial charge in [0, 0.05) is 25.7 Å². The van der Waals surface area contributed by atoms with E-state index in [9.17, 15) is 8.42 Å². The van der Waals surface area contributed by atoms with Gasteiger partial charge >= 0.3 is 0 Å². The molecule has 2 heterocycles. The molecule has 0 unspecified atom stereocenters. The number of fused-ring (bicyclic) bond motifs is 1. The van der Waals surface area contributed by atoms with Crippen molar-refractivity contribution in [2.24, 2.45) is 0 Å². The Morgan fingerprint density at radius 1 is 1.27 bits per heavy atom. The van der Waals surface area contributed by atoms with Gasteiger partial charge in [0.1, 0.15) is 11.6 Å². The van der Waals surface area contributed by atoms with Crippen molar-refractivity contribution < 1.29 is 13.2 Å². The number of benzene rings is 1. The molecule has 2 aromatic rings. The van der Waals surface area contributed by atoms with Crippen LogP contribution in [0.25, 0.3) is 0 Å². The second-order valence-corrected chi connectivity index (χ2v) is 8.85. The van der Waals surface area contributed by atoms with Crippen LogP contribution in [0.3, 0.4) is 0 Å². The van der Waals surface area contributed by atoms with Gasteiger partial charge in [0.2, 0.25) is 10.0 Å². The highest BCUT2D eigenvalue weighted by Crippen LogP contribution is 2.18. The van der Waals surface area contributed by atoms with Crippen molar-refractivity contribution in [1.82, 2.24) is 13.9 Å². The van der Waals surface area contributed by atoms with Crippen molar-refractivity contribution in [3.05, 3.63) is 47.5 Å². The maximum Gasteiger partial charge on any atom is 0.211 e. The average Bonchev–Trinajstić information content (AvgIpc) is 3.00. The van der Waals surface area contributed by atoms with E-state index in [2.05, 4.69) is 9.55 Å². The number of hydrogen-bond acceptors (Lipinski definition) is 4. The standard InChI is InChI=1S/C19H27N3O3S/c1-16-8-3-4-9-18(16)25-13-7-12-22(26(2,23)24)15-17-14-21-11-6-5-10-19(21)20-17/h3-4,8-9,14H,5-7,10-13,15H2,1-2H3. The lowest BCUT2D eigenvalue weighted by Crippen LogP contribution is -2.31. The molecule has 0 atom stereocenters. The molecule has 0 N–H and O–H groups in total. The van der Waals surface area contributed by atoms with Crippen LogP contribution in [-0.4, -0.2) is 41.7 Å². The molecular formula is C19H27N3O3S. The highest BCUT2D eigenvalue weighted by Gasteiger charge is 2.20. The summed E-state index contributed by atoms with van der Waals surface area (Å²) in [6.45, 7) is 4.21. The summed E-state index contributed by atoms with van der Waals surface area (Å²) in [5.74, 6) is 1.92. The van der Waals surface area contributed by atoms with Crippen LogP contribution >= 0.6 is 0 Å². The molecule has 1 aliphatic heterocycles. The van der Waals surface area contributed by atoms with Crippen LogP contribution in [-0.2, 0) is 29.5 Å². The Morgan fingerprint density at radius 3 is 2.81 bits per heavy atom. The first-order valence-electron chi connectivity index (χ1n) is 9.12. The van der Waals surface area contributed by atoms with Gasteiger partial charge in [-0.3, -0.25) is 0 Å². The van der Waals surface area contributed by atoms with Crippen LogP contribution < -0.4 is 4.74 Å². The van der Waals surface area contributed by atoms with Crippen LogP contribution in [0.2, 0.25) is 0 Å². The Balaban J connectivity index is 1.57. The molecule has 0 saturated carbocycles. The van der Waals surface area contributed by atoms with Gasteiger partial charge in [-0.15, -0.1) is 0 Å². The first kappa shape index (κ1) is 18.9. The molecule has 3 rings (SSSR count). The lowest BCUT2D eigenvalue weighted by Gasteiger charge is -2.19. The fourth-order valence-corrected chi connectivity index (χ4v) is 4.06. The van der Waals surface area contributed by atoms with Crippen LogP contribution in [0.15, 0.2) is 30.5 Å². The number of nitrogens with zero attached hydrogens (tertiary/aromatic N) is 3. The maximum atomic E-state index is 12.1. The Morgan fingerprint density at radius 2 is 2.08 bits per heavy atom. The molecule has 26 heavy (non-hydrogen) atoms. The van der Waals surface area contributed by atoms with E-state index in [1.54, 1.807) is 0 Å². The Hall–Kier alpha value is -1.86. The minimum absolute atomic E-state index is 0.323. The molecule has 1 aromatic carbocycles. The fraction of sp³-hybridized carbons (Fsp3) is 0.526. The van der Waals surface area contributed by atoms with Gasteiger partial charge in [-0.1, -0.05) is 18.2 Å². The Kier molecular flexibility index (Phi) is 5.98. The summed E-state index contributed by atoms with van der Waals surface area (Å²) >= 11 is 0. The number of aryl methyl sites for hydroxylation is 3. The van der Waals surface area contributed by atoms with Gasteiger partial charge in [-0.2, -0.15) is 4.31 Å². The monoisotopic (exact) mass is 377 g/mol. The van der Waals surface area contributed by atoms with Gasteiger partial charge < -0.3 is 9.30 Å². The number of rotatable bonds is 8. The normalized spacial score (nSPS) is 14.4. The second-order valence-electron chi connectivity index (χ2n) is 6.86. The third kappa shape index (κ3) is 4.86. The molecule has 6 nitrogen and oxygen atoms in total. The van der Waals surface area contributed by atoms with Gasteiger partial charge in [-0.05, 0) is 37.8 Å². The van der Waals surface area contributed by atoms with E-state index in [1.165, 1.54) is 10.6 Å². The molecule has 0 spiro atoms. The zero-order chi connectivity index (χ0) is 18.6. The molecule has 142 valence electrons. The zero-order valence-electron chi connectivity index (χ0n) is 15.5. The first-order valence-corrected chi connectivity index (χ1v) is 11.0. The van der Waals surface area contributed by atoms with Crippen molar-refractivity contribution in [3.8, 4) is 5.75 Å². The summed E-state index contributed by atoms with van der Waals surface area (Å²) in [6, 6.07) is 7.83. The summed E-state index contributed by atoms with van der Waals surface area (Å²) in [4.78, 5) is 4.62. The number of ether oxygens (including phenoxy) is 1. The minimum Gasteiger partial charge on any atom is -0.493 e. The van der Waals surface area contributed by atoms with Gasteiger partial charge in [0.05, 0.1) is 25.1 Å². The first-order chi connectivity index (χ1) is 12.4. The number of imidazole rings is 1. The van der Waals surface area contributed by atoms with E-state index in [4.69, 9.17) is 4.74 Å². The summed E-state index contributed by atoms with van der Waals surface area (Å²) < 4.78 is 33.7. The highest BCUT2D eigenvalue weighted by molar-refractivity contribution is 7.88. The molecule has 0 fully saturated rings. The quantitative estimate of drug-likeness (QED) is 0.664. The van der Waals surface area contributed by atoms with E-state index >= 15 is 0 Å². The van der Waals surface area contributed by atoms with E-state index in [1.807, 2.05) is 37.4 Å². The van der Waals surface area contributed by atoms with Crippen molar-refractivity contribution in [3.63, 3.8) is 0 Å². The van der Waals surface area contributed by atoms with Crippen LogP contribution in [0.5, 0.6) is 5.75 Å². The third-order valence-corrected chi connectivity index (χ3v) is 5.92. The number of aromatic nitrogens is 2. The highest BCUT2D eigenvalue weighted by atomic mass is 32.2. The molecule has 1 aliphatic rings. The predicted octanol–water partition coefficient (Wildman–Crippen LogP) is 2.76. The molecule has 0 saturated heterocycles. The largest absolute Gasteiger partial charge is 0.493 e. The average molecular weight is 378 g/mol. The third-order valence-electron chi connectivity index (χ3n) is 4.67. The predicted molar refractivity (Wildman–Crippen MR) is 102 cm³/mol. The lowest BCUT2D eigenvalue weighted by molar-refractivity contribution is 0.285. The smallest absolute Gasteiger partial charge is 0.211 e. The molecule has 7 heteroatoms. The SMILES string of the molecule is Cc1ccccc1OCCCN(Cc1cn2c(n1)CCCC2)S(C)(=O)=O. The van der Waals surface area contributed by atoms with Crippen molar-refractivity contribution in [2.75, 3.05) is 19.4 Å². The van der Waals surface area contributed by atoms with E-state index in [0.29, 0.717) is 26.1 Å². The number of para-hydroxylation sites is 1. The zero-order valence-corrected chi connectivity index (χ0v) is 16.3. The molecule has 0 amide bonds. The molecule has 1 aromatic heterocycles. The van der Waals surface area contributed by atoms with Crippen LogP contribution in [0, 0.1) is 6.92 Å². The van der Waals surface area contributed by atoms with E-state index < -0.39 is 10.0 Å². The van der Waals surface area contributed by atoms with Crippen molar-refractivity contribution in [1.29, 1.82) is 0 Å². The molecular weight excluding hydrogens is 350 g/mol. The Labute approximate surface area is 155 Å².